The number of para-hydroxylation sites is 1. The van der Waals surface area contributed by atoms with E-state index in [4.69, 9.17) is 13.9 Å². The molecule has 1 atom stereocenters. The van der Waals surface area contributed by atoms with Crippen molar-refractivity contribution < 1.29 is 18.7 Å². The van der Waals surface area contributed by atoms with Crippen molar-refractivity contribution in [3.8, 4) is 0 Å². The van der Waals surface area contributed by atoms with Gasteiger partial charge in [-0.1, -0.05) is 6.07 Å². The molecule has 2 aliphatic rings. The Balaban J connectivity index is 1.55. The van der Waals surface area contributed by atoms with Crippen LogP contribution in [0.5, 0.6) is 0 Å². The van der Waals surface area contributed by atoms with E-state index in [1.165, 1.54) is 7.11 Å². The summed E-state index contributed by atoms with van der Waals surface area (Å²) in [5.74, 6) is 0.625. The summed E-state index contributed by atoms with van der Waals surface area (Å²) in [6.45, 7) is 3.75. The van der Waals surface area contributed by atoms with Crippen LogP contribution in [0.3, 0.4) is 0 Å². The van der Waals surface area contributed by atoms with Crippen LogP contribution in [-0.2, 0) is 9.47 Å². The second kappa shape index (κ2) is 6.53. The van der Waals surface area contributed by atoms with Crippen LogP contribution in [0, 0.1) is 0 Å². The smallest absolute Gasteiger partial charge is 0.341 e. The van der Waals surface area contributed by atoms with Crippen molar-refractivity contribution in [1.82, 2.24) is 9.88 Å². The Kier molecular flexibility index (Phi) is 4.24. The largest absolute Gasteiger partial charge is 0.465 e. The van der Waals surface area contributed by atoms with Crippen LogP contribution in [0.4, 0.5) is 0 Å². The maximum absolute atomic E-state index is 11.9. The molecule has 0 saturated carbocycles. The lowest BCUT2D eigenvalue weighted by atomic mass is 10.1. The summed E-state index contributed by atoms with van der Waals surface area (Å²) in [6, 6.07) is 6.01. The van der Waals surface area contributed by atoms with Crippen molar-refractivity contribution >= 4 is 17.1 Å². The average Bonchev–Trinajstić information content (AvgIpc) is 3.28. The van der Waals surface area contributed by atoms with Gasteiger partial charge in [0.05, 0.1) is 7.11 Å². The normalized spacial score (nSPS) is 23.0. The summed E-state index contributed by atoms with van der Waals surface area (Å²) < 4.78 is 16.3. The number of hydrogen-bond donors (Lipinski definition) is 0. The molecule has 0 N–H and O–H groups in total. The number of rotatable bonds is 3. The highest BCUT2D eigenvalue weighted by Crippen LogP contribution is 2.32. The van der Waals surface area contributed by atoms with Crippen molar-refractivity contribution in [3.05, 3.63) is 29.7 Å². The van der Waals surface area contributed by atoms with Crippen LogP contribution in [0.2, 0.25) is 0 Å². The Labute approximate surface area is 140 Å². The van der Waals surface area contributed by atoms with Gasteiger partial charge in [-0.15, -0.1) is 0 Å². The molecule has 1 aromatic carbocycles. The first kappa shape index (κ1) is 15.6. The Morgan fingerprint density at radius 2 is 2.12 bits per heavy atom. The van der Waals surface area contributed by atoms with Gasteiger partial charge in [-0.3, -0.25) is 4.90 Å². The Morgan fingerprint density at radius 1 is 1.29 bits per heavy atom. The van der Waals surface area contributed by atoms with Crippen molar-refractivity contribution in [2.45, 2.75) is 31.2 Å². The van der Waals surface area contributed by atoms with Crippen LogP contribution in [0.1, 0.15) is 41.4 Å². The molecule has 0 amide bonds. The number of likely N-dealkylation sites (tertiary alicyclic amines) is 1. The van der Waals surface area contributed by atoms with Crippen LogP contribution >= 0.6 is 0 Å². The molecular formula is C18H22N2O4. The van der Waals surface area contributed by atoms with E-state index in [9.17, 15) is 4.79 Å². The van der Waals surface area contributed by atoms with E-state index in [-0.39, 0.29) is 5.92 Å². The number of carbonyl (C=O) groups excluding carboxylic acids is 1. The molecule has 0 unspecified atom stereocenters. The predicted molar refractivity (Wildman–Crippen MR) is 88.1 cm³/mol. The Hall–Kier alpha value is -1.92. The molecule has 1 aromatic heterocycles. The van der Waals surface area contributed by atoms with Gasteiger partial charge in [0.25, 0.3) is 0 Å². The lowest BCUT2D eigenvalue weighted by molar-refractivity contribution is 0.0417. The van der Waals surface area contributed by atoms with Crippen LogP contribution < -0.4 is 0 Å². The zero-order valence-corrected chi connectivity index (χ0v) is 13.9. The summed E-state index contributed by atoms with van der Waals surface area (Å²) in [5, 5.41) is 0. The number of benzene rings is 1. The third kappa shape index (κ3) is 2.80. The number of ether oxygens (including phenoxy) is 2. The van der Waals surface area contributed by atoms with Crippen LogP contribution in [0.25, 0.3) is 11.1 Å². The molecule has 0 aliphatic carbocycles. The van der Waals surface area contributed by atoms with Crippen molar-refractivity contribution in [3.63, 3.8) is 0 Å². The predicted octanol–water partition coefficient (Wildman–Crippen LogP) is 2.58. The second-order valence-corrected chi connectivity index (χ2v) is 6.52. The Morgan fingerprint density at radius 3 is 2.92 bits per heavy atom. The molecule has 2 aliphatic heterocycles. The fourth-order valence-electron chi connectivity index (χ4n) is 3.78. The summed E-state index contributed by atoms with van der Waals surface area (Å²) in [7, 11) is 1.38. The van der Waals surface area contributed by atoms with E-state index in [0.29, 0.717) is 17.2 Å². The van der Waals surface area contributed by atoms with Gasteiger partial charge in [0.15, 0.2) is 11.5 Å². The standard InChI is InChI=1S/C18H22N2O4/c1-22-18(21)14-3-2-4-15-16(14)24-17(19-15)12-5-8-20(11-12)13-6-9-23-10-7-13/h2-4,12-13H,5-11H2,1H3/t12-/m0/s1. The molecule has 128 valence electrons. The fourth-order valence-corrected chi connectivity index (χ4v) is 3.78. The molecular weight excluding hydrogens is 308 g/mol. The van der Waals surface area contributed by atoms with Gasteiger partial charge in [-0.25, -0.2) is 9.78 Å². The third-order valence-corrected chi connectivity index (χ3v) is 5.11. The molecule has 0 spiro atoms. The minimum absolute atomic E-state index is 0.283. The van der Waals surface area contributed by atoms with E-state index >= 15 is 0 Å². The van der Waals surface area contributed by atoms with E-state index in [1.807, 2.05) is 12.1 Å². The van der Waals surface area contributed by atoms with Crippen LogP contribution in [0.15, 0.2) is 22.6 Å². The lowest BCUT2D eigenvalue weighted by Crippen LogP contribution is -2.37. The first-order valence-electron chi connectivity index (χ1n) is 8.56. The molecule has 3 heterocycles. The molecule has 24 heavy (non-hydrogen) atoms. The zero-order chi connectivity index (χ0) is 16.5. The average molecular weight is 330 g/mol. The summed E-state index contributed by atoms with van der Waals surface area (Å²) in [6.07, 6.45) is 3.25. The molecule has 0 radical (unpaired) electrons. The summed E-state index contributed by atoms with van der Waals surface area (Å²) in [5.41, 5.74) is 1.69. The number of methoxy groups -OCH3 is 1. The van der Waals surface area contributed by atoms with E-state index in [0.717, 1.165) is 57.0 Å². The van der Waals surface area contributed by atoms with Gasteiger partial charge in [0, 0.05) is 31.7 Å². The maximum atomic E-state index is 11.9. The molecule has 6 heteroatoms. The first-order valence-corrected chi connectivity index (χ1v) is 8.56. The van der Waals surface area contributed by atoms with E-state index in [1.54, 1.807) is 6.07 Å². The summed E-state index contributed by atoms with van der Waals surface area (Å²) >= 11 is 0. The topological polar surface area (TPSA) is 64.8 Å². The lowest BCUT2D eigenvalue weighted by Gasteiger charge is -2.30. The second-order valence-electron chi connectivity index (χ2n) is 6.52. The number of esters is 1. The molecule has 2 saturated heterocycles. The van der Waals surface area contributed by atoms with Crippen molar-refractivity contribution in [2.75, 3.05) is 33.4 Å². The first-order chi connectivity index (χ1) is 11.8. The molecule has 6 nitrogen and oxygen atoms in total. The third-order valence-electron chi connectivity index (χ3n) is 5.11. The molecule has 0 bridgehead atoms. The zero-order valence-electron chi connectivity index (χ0n) is 13.9. The van der Waals surface area contributed by atoms with Gasteiger partial charge in [0.2, 0.25) is 0 Å². The van der Waals surface area contributed by atoms with Gasteiger partial charge in [-0.2, -0.15) is 0 Å². The SMILES string of the molecule is COC(=O)c1cccc2nc([C@H]3CCN(C4CCOCC4)C3)oc12. The quantitative estimate of drug-likeness (QED) is 0.806. The number of nitrogens with zero attached hydrogens (tertiary/aromatic N) is 2. The van der Waals surface area contributed by atoms with E-state index in [2.05, 4.69) is 9.88 Å². The monoisotopic (exact) mass is 330 g/mol. The van der Waals surface area contributed by atoms with Crippen LogP contribution in [-0.4, -0.2) is 55.3 Å². The molecule has 2 aromatic rings. The number of fused-ring (bicyclic) bond motifs is 1. The minimum atomic E-state index is -0.390. The summed E-state index contributed by atoms with van der Waals surface area (Å²) in [4.78, 5) is 19.0. The molecule has 2 fully saturated rings. The maximum Gasteiger partial charge on any atom is 0.341 e. The fraction of sp³-hybridized carbons (Fsp3) is 0.556. The minimum Gasteiger partial charge on any atom is -0.465 e. The number of carbonyl (C=O) groups is 1. The Bertz CT molecular complexity index is 736. The van der Waals surface area contributed by atoms with E-state index < -0.39 is 5.97 Å². The highest BCUT2D eigenvalue weighted by Gasteiger charge is 2.33. The van der Waals surface area contributed by atoms with Gasteiger partial charge in [0.1, 0.15) is 11.1 Å². The highest BCUT2D eigenvalue weighted by atomic mass is 16.5. The van der Waals surface area contributed by atoms with Gasteiger partial charge in [-0.05, 0) is 37.9 Å². The van der Waals surface area contributed by atoms with Crippen molar-refractivity contribution in [1.29, 1.82) is 0 Å². The molecule has 4 rings (SSSR count). The van der Waals surface area contributed by atoms with Gasteiger partial charge >= 0.3 is 5.97 Å². The van der Waals surface area contributed by atoms with Crippen molar-refractivity contribution in [2.24, 2.45) is 0 Å². The van der Waals surface area contributed by atoms with Gasteiger partial charge < -0.3 is 13.9 Å². The number of aromatic nitrogens is 1. The number of oxazole rings is 1. The highest BCUT2D eigenvalue weighted by molar-refractivity contribution is 6.00. The number of hydrogen-bond acceptors (Lipinski definition) is 6.